The van der Waals surface area contributed by atoms with E-state index in [4.69, 9.17) is 0 Å². The Bertz CT molecular complexity index is 898. The Morgan fingerprint density at radius 3 is 2.67 bits per heavy atom. The van der Waals surface area contributed by atoms with Crippen LogP contribution in [0.4, 0.5) is 5.95 Å². The number of piperazine rings is 1. The Kier molecular flexibility index (Phi) is 3.99. The van der Waals surface area contributed by atoms with Crippen molar-refractivity contribution in [2.75, 3.05) is 31.1 Å². The number of anilines is 1. The van der Waals surface area contributed by atoms with Crippen LogP contribution in [0.25, 0.3) is 4.96 Å². The van der Waals surface area contributed by atoms with E-state index in [1.165, 1.54) is 11.3 Å². The van der Waals surface area contributed by atoms with Gasteiger partial charge in [0.1, 0.15) is 0 Å². The molecule has 124 valence electrons. The third-order valence-electron chi connectivity index (χ3n) is 4.22. The minimum absolute atomic E-state index is 0.00470. The van der Waals surface area contributed by atoms with Crippen molar-refractivity contribution >= 4 is 22.2 Å². The third kappa shape index (κ3) is 2.90. The summed E-state index contributed by atoms with van der Waals surface area (Å²) in [6, 6.07) is 3.48. The predicted octanol–water partition coefficient (Wildman–Crippen LogP) is 1.18. The first-order chi connectivity index (χ1) is 11.7. The molecule has 0 atom stereocenters. The molecule has 0 amide bonds. The molecule has 0 radical (unpaired) electrons. The standard InChI is InChI=1S/C16H18N6OS/c1-12-11-24-16-19-13(9-14(23)22(12)16)10-20-5-7-21(8-6-20)15-17-3-2-4-18-15/h2-4,9,11H,5-8,10H2,1H3. The quantitative estimate of drug-likeness (QED) is 0.712. The van der Waals surface area contributed by atoms with Crippen LogP contribution in [0.2, 0.25) is 0 Å². The van der Waals surface area contributed by atoms with Gasteiger partial charge in [-0.2, -0.15) is 0 Å². The van der Waals surface area contributed by atoms with Crippen LogP contribution >= 0.6 is 11.3 Å². The largest absolute Gasteiger partial charge is 0.338 e. The van der Waals surface area contributed by atoms with Crippen molar-refractivity contribution in [3.8, 4) is 0 Å². The fraction of sp³-hybridized carbons (Fsp3) is 0.375. The molecule has 0 N–H and O–H groups in total. The second-order valence-corrected chi connectivity index (χ2v) is 6.73. The van der Waals surface area contributed by atoms with Gasteiger partial charge < -0.3 is 4.90 Å². The molecule has 4 heterocycles. The highest BCUT2D eigenvalue weighted by atomic mass is 32.1. The van der Waals surface area contributed by atoms with Crippen molar-refractivity contribution in [3.63, 3.8) is 0 Å². The summed E-state index contributed by atoms with van der Waals surface area (Å²) in [5.74, 6) is 0.781. The number of hydrogen-bond acceptors (Lipinski definition) is 7. The van der Waals surface area contributed by atoms with Gasteiger partial charge in [0.15, 0.2) is 4.96 Å². The van der Waals surface area contributed by atoms with Crippen molar-refractivity contribution in [1.29, 1.82) is 0 Å². The van der Waals surface area contributed by atoms with Gasteiger partial charge in [0.05, 0.1) is 5.69 Å². The Morgan fingerprint density at radius 1 is 1.17 bits per heavy atom. The van der Waals surface area contributed by atoms with E-state index in [2.05, 4.69) is 24.8 Å². The van der Waals surface area contributed by atoms with Gasteiger partial charge in [0, 0.05) is 62.3 Å². The lowest BCUT2D eigenvalue weighted by atomic mass is 10.3. The molecule has 1 fully saturated rings. The maximum atomic E-state index is 12.2. The summed E-state index contributed by atoms with van der Waals surface area (Å²) in [6.45, 7) is 6.20. The second kappa shape index (κ2) is 6.29. The van der Waals surface area contributed by atoms with Gasteiger partial charge in [-0.05, 0) is 13.0 Å². The van der Waals surface area contributed by atoms with Gasteiger partial charge in [-0.1, -0.05) is 0 Å². The van der Waals surface area contributed by atoms with Gasteiger partial charge in [-0.3, -0.25) is 14.1 Å². The van der Waals surface area contributed by atoms with E-state index in [1.54, 1.807) is 22.9 Å². The molecule has 8 heteroatoms. The molecule has 3 aromatic heterocycles. The van der Waals surface area contributed by atoms with Gasteiger partial charge in [-0.15, -0.1) is 11.3 Å². The molecule has 1 aliphatic heterocycles. The minimum Gasteiger partial charge on any atom is -0.338 e. The molecule has 0 saturated carbocycles. The third-order valence-corrected chi connectivity index (χ3v) is 5.17. The summed E-state index contributed by atoms with van der Waals surface area (Å²) in [6.07, 6.45) is 3.54. The Balaban J connectivity index is 1.45. The summed E-state index contributed by atoms with van der Waals surface area (Å²) < 4.78 is 1.67. The fourth-order valence-electron chi connectivity index (χ4n) is 2.97. The van der Waals surface area contributed by atoms with Crippen molar-refractivity contribution in [3.05, 3.63) is 51.6 Å². The molecule has 1 saturated heterocycles. The number of nitrogens with zero attached hydrogens (tertiary/aromatic N) is 6. The Hall–Kier alpha value is -2.32. The molecule has 0 aliphatic carbocycles. The predicted molar refractivity (Wildman–Crippen MR) is 93.6 cm³/mol. The van der Waals surface area contributed by atoms with E-state index in [-0.39, 0.29) is 5.56 Å². The van der Waals surface area contributed by atoms with Crippen molar-refractivity contribution in [1.82, 2.24) is 24.3 Å². The molecule has 4 rings (SSSR count). The van der Waals surface area contributed by atoms with Gasteiger partial charge in [-0.25, -0.2) is 15.0 Å². The highest BCUT2D eigenvalue weighted by Gasteiger charge is 2.19. The van der Waals surface area contributed by atoms with Crippen LogP contribution in [0, 0.1) is 6.92 Å². The number of hydrogen-bond donors (Lipinski definition) is 0. The number of aryl methyl sites for hydroxylation is 1. The first-order valence-electron chi connectivity index (χ1n) is 7.92. The van der Waals surface area contributed by atoms with E-state index in [0.29, 0.717) is 6.54 Å². The highest BCUT2D eigenvalue weighted by molar-refractivity contribution is 7.15. The van der Waals surface area contributed by atoms with Crippen LogP contribution in [0.5, 0.6) is 0 Å². The number of aromatic nitrogens is 4. The molecule has 3 aromatic rings. The van der Waals surface area contributed by atoms with Gasteiger partial charge in [0.2, 0.25) is 5.95 Å². The van der Waals surface area contributed by atoms with E-state index in [1.807, 2.05) is 18.4 Å². The first kappa shape index (κ1) is 15.2. The van der Waals surface area contributed by atoms with Crippen molar-refractivity contribution < 1.29 is 0 Å². The number of fused-ring (bicyclic) bond motifs is 1. The molecule has 0 aromatic carbocycles. The van der Waals surface area contributed by atoms with Crippen LogP contribution < -0.4 is 10.5 Å². The average Bonchev–Trinajstić information content (AvgIpc) is 2.98. The zero-order valence-electron chi connectivity index (χ0n) is 13.4. The summed E-state index contributed by atoms with van der Waals surface area (Å²) in [5.41, 5.74) is 1.78. The van der Waals surface area contributed by atoms with E-state index in [9.17, 15) is 4.79 Å². The molecule has 1 aliphatic rings. The lowest BCUT2D eigenvalue weighted by Gasteiger charge is -2.34. The zero-order chi connectivity index (χ0) is 16.5. The summed E-state index contributed by atoms with van der Waals surface area (Å²) in [4.78, 5) is 30.8. The van der Waals surface area contributed by atoms with Gasteiger partial charge >= 0.3 is 0 Å². The molecule has 24 heavy (non-hydrogen) atoms. The number of rotatable bonds is 3. The van der Waals surface area contributed by atoms with Crippen LogP contribution in [0.3, 0.4) is 0 Å². The summed E-state index contributed by atoms with van der Waals surface area (Å²) >= 11 is 1.51. The van der Waals surface area contributed by atoms with Gasteiger partial charge in [0.25, 0.3) is 5.56 Å². The lowest BCUT2D eigenvalue weighted by molar-refractivity contribution is 0.246. The number of thiazole rings is 1. The normalized spacial score (nSPS) is 16.0. The van der Waals surface area contributed by atoms with Crippen LogP contribution in [-0.4, -0.2) is 50.4 Å². The molecule has 7 nitrogen and oxygen atoms in total. The molecule has 0 spiro atoms. The van der Waals surface area contributed by atoms with E-state index in [0.717, 1.165) is 48.5 Å². The lowest BCUT2D eigenvalue weighted by Crippen LogP contribution is -2.46. The topological polar surface area (TPSA) is 66.6 Å². The molecular formula is C16H18N6OS. The van der Waals surface area contributed by atoms with Crippen LogP contribution in [0.15, 0.2) is 34.7 Å². The van der Waals surface area contributed by atoms with E-state index >= 15 is 0 Å². The second-order valence-electron chi connectivity index (χ2n) is 5.89. The Morgan fingerprint density at radius 2 is 1.92 bits per heavy atom. The first-order valence-corrected chi connectivity index (χ1v) is 8.80. The highest BCUT2D eigenvalue weighted by Crippen LogP contribution is 2.14. The SMILES string of the molecule is Cc1csc2nc(CN3CCN(c4ncccn4)CC3)cc(=O)n12. The summed E-state index contributed by atoms with van der Waals surface area (Å²) in [7, 11) is 0. The Labute approximate surface area is 143 Å². The smallest absolute Gasteiger partial charge is 0.259 e. The summed E-state index contributed by atoms with van der Waals surface area (Å²) in [5, 5.41) is 1.96. The van der Waals surface area contributed by atoms with E-state index < -0.39 is 0 Å². The van der Waals surface area contributed by atoms with Crippen molar-refractivity contribution in [2.24, 2.45) is 0 Å². The van der Waals surface area contributed by atoms with Crippen molar-refractivity contribution in [2.45, 2.75) is 13.5 Å². The maximum absolute atomic E-state index is 12.2. The molecule has 0 bridgehead atoms. The molecule has 0 unspecified atom stereocenters. The zero-order valence-corrected chi connectivity index (χ0v) is 14.2. The fourth-order valence-corrected chi connectivity index (χ4v) is 3.86. The molecular weight excluding hydrogens is 324 g/mol. The monoisotopic (exact) mass is 342 g/mol. The van der Waals surface area contributed by atoms with Crippen LogP contribution in [-0.2, 0) is 6.54 Å². The van der Waals surface area contributed by atoms with Crippen LogP contribution in [0.1, 0.15) is 11.4 Å². The average molecular weight is 342 g/mol. The minimum atomic E-state index is 0.00470. The maximum Gasteiger partial charge on any atom is 0.259 e.